The third-order valence-electron chi connectivity index (χ3n) is 5.24. The van der Waals surface area contributed by atoms with E-state index in [2.05, 4.69) is 44.1 Å². The fraction of sp³-hybridized carbons (Fsp3) is 0.250. The van der Waals surface area contributed by atoms with Crippen LogP contribution in [-0.2, 0) is 4.79 Å². The van der Waals surface area contributed by atoms with Crippen LogP contribution in [0.1, 0.15) is 31.9 Å². The quantitative estimate of drug-likeness (QED) is 0.600. The van der Waals surface area contributed by atoms with Gasteiger partial charge in [-0.3, -0.25) is 4.79 Å². The summed E-state index contributed by atoms with van der Waals surface area (Å²) in [5, 5.41) is 12.3. The molecule has 148 valence electrons. The number of nitrogens with one attached hydrogen (secondary N) is 1. The molecule has 5 heteroatoms. The normalized spacial score (nSPS) is 15.1. The second kappa shape index (κ2) is 7.84. The molecule has 0 radical (unpaired) electrons. The number of likely N-dealkylation sites (N-methyl/N-ethyl adjacent to an activating group) is 1. The summed E-state index contributed by atoms with van der Waals surface area (Å²) in [6.07, 6.45) is 3.84. The van der Waals surface area contributed by atoms with E-state index in [0.29, 0.717) is 11.4 Å². The van der Waals surface area contributed by atoms with Crippen molar-refractivity contribution in [2.75, 3.05) is 24.4 Å². The Morgan fingerprint density at radius 2 is 2.00 bits per heavy atom. The minimum atomic E-state index is -0.455. The van der Waals surface area contributed by atoms with E-state index in [9.17, 15) is 10.1 Å². The van der Waals surface area contributed by atoms with E-state index in [4.69, 9.17) is 4.74 Å². The van der Waals surface area contributed by atoms with Crippen molar-refractivity contribution in [2.24, 2.45) is 0 Å². The van der Waals surface area contributed by atoms with Crippen LogP contribution in [0, 0.1) is 11.3 Å². The largest absolute Gasteiger partial charge is 0.497 e. The Hall–Kier alpha value is -3.52. The summed E-state index contributed by atoms with van der Waals surface area (Å²) >= 11 is 0. The lowest BCUT2D eigenvalue weighted by molar-refractivity contribution is -0.112. The molecule has 0 saturated heterocycles. The lowest BCUT2D eigenvalue weighted by Gasteiger charge is -2.40. The molecule has 0 unspecified atom stereocenters. The molecule has 0 spiro atoms. The number of hydrogen-bond donors (Lipinski definition) is 1. The molecule has 2 aromatic carbocycles. The summed E-state index contributed by atoms with van der Waals surface area (Å²) in [6, 6.07) is 15.0. The second-order valence-electron chi connectivity index (χ2n) is 7.67. The van der Waals surface area contributed by atoms with Gasteiger partial charge in [0.2, 0.25) is 0 Å². The average Bonchev–Trinajstić information content (AvgIpc) is 2.70. The number of hydrogen-bond acceptors (Lipinski definition) is 4. The van der Waals surface area contributed by atoms with E-state index >= 15 is 0 Å². The Morgan fingerprint density at radius 3 is 2.69 bits per heavy atom. The number of nitriles is 1. The molecule has 0 aliphatic carbocycles. The first-order chi connectivity index (χ1) is 13.7. The molecule has 0 atom stereocenters. The van der Waals surface area contributed by atoms with Crippen LogP contribution in [0.3, 0.4) is 0 Å². The molecule has 1 heterocycles. The van der Waals surface area contributed by atoms with Gasteiger partial charge in [0.1, 0.15) is 17.4 Å². The summed E-state index contributed by atoms with van der Waals surface area (Å²) in [5.74, 6) is 0.179. The van der Waals surface area contributed by atoms with Crippen molar-refractivity contribution in [3.05, 3.63) is 65.2 Å². The number of nitrogens with zero attached hydrogens (tertiary/aromatic N) is 2. The number of amides is 1. The van der Waals surface area contributed by atoms with Crippen LogP contribution in [0.5, 0.6) is 5.75 Å². The fourth-order valence-corrected chi connectivity index (χ4v) is 3.48. The average molecular weight is 387 g/mol. The van der Waals surface area contributed by atoms with Crippen LogP contribution in [-0.4, -0.2) is 25.6 Å². The first-order valence-corrected chi connectivity index (χ1v) is 9.40. The lowest BCUT2D eigenvalue weighted by atomic mass is 9.88. The maximum absolute atomic E-state index is 12.6. The molecule has 5 nitrogen and oxygen atoms in total. The standard InChI is InChI=1S/C24H25N3O2/c1-16-14-24(2,3)27(4)22-10-9-17(12-21(16)22)11-18(15-25)23(28)26-19-7-6-8-20(13-19)29-5/h6-14H,1-5H3,(H,26,28)/b18-11+. The predicted octanol–water partition coefficient (Wildman–Crippen LogP) is 4.87. The number of allylic oxidation sites excluding steroid dienone is 1. The van der Waals surface area contributed by atoms with Gasteiger partial charge in [-0.25, -0.2) is 0 Å². The summed E-state index contributed by atoms with van der Waals surface area (Å²) < 4.78 is 5.16. The Morgan fingerprint density at radius 1 is 1.24 bits per heavy atom. The van der Waals surface area contributed by atoms with Crippen LogP contribution in [0.4, 0.5) is 11.4 Å². The molecule has 29 heavy (non-hydrogen) atoms. The third-order valence-corrected chi connectivity index (χ3v) is 5.24. The van der Waals surface area contributed by atoms with E-state index in [0.717, 1.165) is 16.8 Å². The van der Waals surface area contributed by atoms with Crippen molar-refractivity contribution in [1.82, 2.24) is 0 Å². The molecule has 0 saturated carbocycles. The molecule has 3 rings (SSSR count). The van der Waals surface area contributed by atoms with Crippen molar-refractivity contribution < 1.29 is 9.53 Å². The molecule has 1 amide bonds. The van der Waals surface area contributed by atoms with E-state index in [1.807, 2.05) is 24.3 Å². The molecule has 1 aliphatic heterocycles. The molecule has 1 N–H and O–H groups in total. The third kappa shape index (κ3) is 4.17. The SMILES string of the molecule is COc1cccc(NC(=O)/C(C#N)=C/c2ccc3c(c2)C(C)=CC(C)(C)N3C)c1. The lowest BCUT2D eigenvalue weighted by Crippen LogP contribution is -2.42. The number of ether oxygens (including phenoxy) is 1. The Bertz CT molecular complexity index is 1060. The zero-order valence-electron chi connectivity index (χ0n) is 17.4. The number of carbonyl (C=O) groups excluding carboxylic acids is 1. The van der Waals surface area contributed by atoms with Crippen LogP contribution in [0.25, 0.3) is 11.6 Å². The number of methoxy groups -OCH3 is 1. The highest BCUT2D eigenvalue weighted by molar-refractivity contribution is 6.09. The minimum absolute atomic E-state index is 0.0406. The second-order valence-corrected chi connectivity index (χ2v) is 7.67. The highest BCUT2D eigenvalue weighted by atomic mass is 16.5. The van der Waals surface area contributed by atoms with Gasteiger partial charge in [-0.2, -0.15) is 5.26 Å². The van der Waals surface area contributed by atoms with Crippen molar-refractivity contribution in [1.29, 1.82) is 5.26 Å². The molecule has 0 bridgehead atoms. The number of rotatable bonds is 4. The summed E-state index contributed by atoms with van der Waals surface area (Å²) in [4.78, 5) is 14.8. The zero-order chi connectivity index (χ0) is 21.2. The first kappa shape index (κ1) is 20.2. The van der Waals surface area contributed by atoms with Crippen molar-refractivity contribution in [3.8, 4) is 11.8 Å². The van der Waals surface area contributed by atoms with Crippen LogP contribution < -0.4 is 15.0 Å². The molecule has 1 aliphatic rings. The first-order valence-electron chi connectivity index (χ1n) is 9.40. The van der Waals surface area contributed by atoms with Crippen LogP contribution in [0.2, 0.25) is 0 Å². The maximum Gasteiger partial charge on any atom is 0.266 e. The Balaban J connectivity index is 1.89. The van der Waals surface area contributed by atoms with Crippen LogP contribution in [0.15, 0.2) is 54.1 Å². The molecular weight excluding hydrogens is 362 g/mol. The van der Waals surface area contributed by atoms with Gasteiger partial charge in [0.25, 0.3) is 5.91 Å². The number of benzene rings is 2. The van der Waals surface area contributed by atoms with Gasteiger partial charge >= 0.3 is 0 Å². The Kier molecular flexibility index (Phi) is 5.47. The van der Waals surface area contributed by atoms with Gasteiger partial charge in [-0.05, 0) is 62.2 Å². The van der Waals surface area contributed by atoms with E-state index < -0.39 is 5.91 Å². The van der Waals surface area contributed by atoms with Gasteiger partial charge in [0.15, 0.2) is 0 Å². The maximum atomic E-state index is 12.6. The Labute approximate surface area is 171 Å². The van der Waals surface area contributed by atoms with Gasteiger partial charge in [-0.1, -0.05) is 18.2 Å². The summed E-state index contributed by atoms with van der Waals surface area (Å²) in [6.45, 7) is 6.43. The van der Waals surface area contributed by atoms with E-state index in [1.165, 1.54) is 5.57 Å². The molecule has 0 fully saturated rings. The highest BCUT2D eigenvalue weighted by Gasteiger charge is 2.28. The topological polar surface area (TPSA) is 65.4 Å². The van der Waals surface area contributed by atoms with Gasteiger partial charge in [-0.15, -0.1) is 0 Å². The summed E-state index contributed by atoms with van der Waals surface area (Å²) in [7, 11) is 3.63. The van der Waals surface area contributed by atoms with E-state index in [1.54, 1.807) is 37.5 Å². The number of carbonyl (C=O) groups is 1. The molecule has 0 aromatic heterocycles. The monoisotopic (exact) mass is 387 g/mol. The van der Waals surface area contributed by atoms with Crippen molar-refractivity contribution in [3.63, 3.8) is 0 Å². The molecular formula is C24H25N3O2. The van der Waals surface area contributed by atoms with Gasteiger partial charge in [0.05, 0.1) is 12.6 Å². The van der Waals surface area contributed by atoms with Gasteiger partial charge in [0, 0.05) is 30.1 Å². The molecule has 2 aromatic rings. The smallest absolute Gasteiger partial charge is 0.266 e. The summed E-state index contributed by atoms with van der Waals surface area (Å²) in [5.41, 5.74) is 4.77. The number of fused-ring (bicyclic) bond motifs is 1. The highest BCUT2D eigenvalue weighted by Crippen LogP contribution is 2.38. The van der Waals surface area contributed by atoms with Crippen molar-refractivity contribution >= 4 is 28.9 Å². The predicted molar refractivity (Wildman–Crippen MR) is 118 cm³/mol. The fourth-order valence-electron chi connectivity index (χ4n) is 3.48. The van der Waals surface area contributed by atoms with E-state index in [-0.39, 0.29) is 11.1 Å². The zero-order valence-corrected chi connectivity index (χ0v) is 17.4. The minimum Gasteiger partial charge on any atom is -0.497 e. The van der Waals surface area contributed by atoms with Crippen LogP contribution >= 0.6 is 0 Å². The number of anilines is 2. The van der Waals surface area contributed by atoms with Gasteiger partial charge < -0.3 is 15.0 Å². The van der Waals surface area contributed by atoms with Crippen molar-refractivity contribution in [2.45, 2.75) is 26.3 Å².